The standard InChI is InChI=1S/C23H23ClFN3O/c24-19-8-3-16(4-9-19)5-12-22(29)28-13-1-2-18(15-28)23-21(14-26-27-23)17-6-10-20(25)11-7-17/h3-4,6-11,14,18H,1-2,5,12-13,15H2,(H,26,27)/t18-/m1/s1. The number of benzene rings is 2. The summed E-state index contributed by atoms with van der Waals surface area (Å²) in [7, 11) is 0. The third-order valence-corrected chi connectivity index (χ3v) is 5.80. The lowest BCUT2D eigenvalue weighted by atomic mass is 9.90. The van der Waals surface area contributed by atoms with E-state index in [9.17, 15) is 9.18 Å². The maximum Gasteiger partial charge on any atom is 0.222 e. The van der Waals surface area contributed by atoms with Crippen molar-refractivity contribution in [3.63, 3.8) is 0 Å². The number of halogens is 2. The van der Waals surface area contributed by atoms with Gasteiger partial charge in [0.05, 0.1) is 6.20 Å². The minimum absolute atomic E-state index is 0.174. The number of likely N-dealkylation sites (tertiary alicyclic amines) is 1. The van der Waals surface area contributed by atoms with Crippen LogP contribution < -0.4 is 0 Å². The molecule has 0 radical (unpaired) electrons. The maximum absolute atomic E-state index is 13.3. The smallest absolute Gasteiger partial charge is 0.222 e. The number of aromatic nitrogens is 2. The molecule has 4 rings (SSSR count). The highest BCUT2D eigenvalue weighted by molar-refractivity contribution is 6.30. The van der Waals surface area contributed by atoms with Crippen molar-refractivity contribution in [2.45, 2.75) is 31.6 Å². The zero-order valence-electron chi connectivity index (χ0n) is 16.1. The summed E-state index contributed by atoms with van der Waals surface area (Å²) in [4.78, 5) is 14.7. The van der Waals surface area contributed by atoms with E-state index in [1.165, 1.54) is 12.1 Å². The summed E-state index contributed by atoms with van der Waals surface area (Å²) >= 11 is 5.92. The van der Waals surface area contributed by atoms with Gasteiger partial charge in [0, 0.05) is 41.7 Å². The van der Waals surface area contributed by atoms with Crippen LogP contribution in [0.4, 0.5) is 4.39 Å². The monoisotopic (exact) mass is 411 g/mol. The van der Waals surface area contributed by atoms with Gasteiger partial charge in [0.2, 0.25) is 5.91 Å². The molecule has 3 aromatic rings. The number of nitrogens with zero attached hydrogens (tertiary/aromatic N) is 2. The van der Waals surface area contributed by atoms with Crippen LogP contribution in [0.2, 0.25) is 5.02 Å². The molecule has 1 fully saturated rings. The molecule has 0 bridgehead atoms. The predicted molar refractivity (Wildman–Crippen MR) is 112 cm³/mol. The number of rotatable bonds is 5. The lowest BCUT2D eigenvalue weighted by Crippen LogP contribution is -2.39. The van der Waals surface area contributed by atoms with E-state index in [-0.39, 0.29) is 17.6 Å². The average Bonchev–Trinajstić information content (AvgIpc) is 3.24. The van der Waals surface area contributed by atoms with Crippen molar-refractivity contribution in [3.8, 4) is 11.1 Å². The van der Waals surface area contributed by atoms with E-state index in [0.717, 1.165) is 41.8 Å². The van der Waals surface area contributed by atoms with Crippen LogP contribution in [-0.2, 0) is 11.2 Å². The van der Waals surface area contributed by atoms with Gasteiger partial charge in [-0.15, -0.1) is 0 Å². The van der Waals surface area contributed by atoms with Crippen LogP contribution >= 0.6 is 11.6 Å². The highest BCUT2D eigenvalue weighted by Crippen LogP contribution is 2.33. The van der Waals surface area contributed by atoms with E-state index in [0.29, 0.717) is 24.4 Å². The summed E-state index contributed by atoms with van der Waals surface area (Å²) in [6.07, 6.45) is 4.94. The Morgan fingerprint density at radius 1 is 1.17 bits per heavy atom. The summed E-state index contributed by atoms with van der Waals surface area (Å²) < 4.78 is 13.3. The molecule has 0 aliphatic carbocycles. The van der Waals surface area contributed by atoms with E-state index in [2.05, 4.69) is 10.2 Å². The number of aromatic amines is 1. The van der Waals surface area contributed by atoms with Crippen molar-refractivity contribution in [1.82, 2.24) is 15.1 Å². The molecule has 0 saturated carbocycles. The SMILES string of the molecule is O=C(CCc1ccc(Cl)cc1)N1CCC[C@@H](c2[nH]ncc2-c2ccc(F)cc2)C1. The van der Waals surface area contributed by atoms with Crippen LogP contribution in [0.15, 0.2) is 54.7 Å². The largest absolute Gasteiger partial charge is 0.342 e. The maximum atomic E-state index is 13.3. The first kappa shape index (κ1) is 19.6. The molecule has 0 unspecified atom stereocenters. The Balaban J connectivity index is 1.42. The van der Waals surface area contributed by atoms with Gasteiger partial charge in [-0.3, -0.25) is 9.89 Å². The lowest BCUT2D eigenvalue weighted by molar-refractivity contribution is -0.132. The summed E-state index contributed by atoms with van der Waals surface area (Å²) in [5.41, 5.74) is 4.04. The van der Waals surface area contributed by atoms with Crippen LogP contribution in [0.3, 0.4) is 0 Å². The van der Waals surface area contributed by atoms with Gasteiger partial charge < -0.3 is 4.90 Å². The summed E-state index contributed by atoms with van der Waals surface area (Å²) in [6, 6.07) is 14.1. The summed E-state index contributed by atoms with van der Waals surface area (Å²) in [5, 5.41) is 8.04. The predicted octanol–water partition coefficient (Wildman–Crippen LogP) is 5.21. The van der Waals surface area contributed by atoms with E-state index in [1.807, 2.05) is 29.2 Å². The van der Waals surface area contributed by atoms with Crippen LogP contribution in [0.25, 0.3) is 11.1 Å². The Bertz CT molecular complexity index is 969. The number of carbonyl (C=O) groups is 1. The van der Waals surface area contributed by atoms with E-state index >= 15 is 0 Å². The summed E-state index contributed by atoms with van der Waals surface area (Å²) in [5.74, 6) is 0.118. The van der Waals surface area contributed by atoms with Gasteiger partial charge in [-0.05, 0) is 54.7 Å². The van der Waals surface area contributed by atoms with Gasteiger partial charge in [-0.2, -0.15) is 5.10 Å². The quantitative estimate of drug-likeness (QED) is 0.626. The Morgan fingerprint density at radius 3 is 2.69 bits per heavy atom. The Kier molecular flexibility index (Phi) is 5.95. The van der Waals surface area contributed by atoms with E-state index < -0.39 is 0 Å². The fourth-order valence-electron chi connectivity index (χ4n) is 3.97. The van der Waals surface area contributed by atoms with Gasteiger partial charge in [-0.1, -0.05) is 35.9 Å². The van der Waals surface area contributed by atoms with E-state index in [1.54, 1.807) is 18.3 Å². The third kappa shape index (κ3) is 4.67. The molecule has 1 aliphatic heterocycles. The van der Waals surface area contributed by atoms with Gasteiger partial charge in [0.25, 0.3) is 0 Å². The minimum atomic E-state index is -0.256. The average molecular weight is 412 g/mol. The first-order chi connectivity index (χ1) is 14.1. The summed E-state index contributed by atoms with van der Waals surface area (Å²) in [6.45, 7) is 1.46. The zero-order valence-corrected chi connectivity index (χ0v) is 16.8. The molecule has 1 atom stereocenters. The molecule has 1 aliphatic rings. The number of amides is 1. The fraction of sp³-hybridized carbons (Fsp3) is 0.304. The Hall–Kier alpha value is -2.66. The molecule has 1 N–H and O–H groups in total. The van der Waals surface area contributed by atoms with Crippen molar-refractivity contribution in [2.75, 3.05) is 13.1 Å². The van der Waals surface area contributed by atoms with Gasteiger partial charge in [0.1, 0.15) is 5.82 Å². The molecule has 2 aromatic carbocycles. The molecule has 29 heavy (non-hydrogen) atoms. The van der Waals surface area contributed by atoms with Gasteiger partial charge in [-0.25, -0.2) is 4.39 Å². The lowest BCUT2D eigenvalue weighted by Gasteiger charge is -2.33. The minimum Gasteiger partial charge on any atom is -0.342 e. The molecule has 1 saturated heterocycles. The Morgan fingerprint density at radius 2 is 1.93 bits per heavy atom. The van der Waals surface area contributed by atoms with Crippen molar-refractivity contribution >= 4 is 17.5 Å². The van der Waals surface area contributed by atoms with Crippen LogP contribution in [0.1, 0.15) is 36.4 Å². The first-order valence-corrected chi connectivity index (χ1v) is 10.3. The number of nitrogens with one attached hydrogen (secondary N) is 1. The highest BCUT2D eigenvalue weighted by Gasteiger charge is 2.27. The van der Waals surface area contributed by atoms with Crippen molar-refractivity contribution in [3.05, 3.63) is 76.8 Å². The zero-order chi connectivity index (χ0) is 20.2. The fourth-order valence-corrected chi connectivity index (χ4v) is 4.09. The molecule has 4 nitrogen and oxygen atoms in total. The molecule has 0 spiro atoms. The normalized spacial score (nSPS) is 16.8. The van der Waals surface area contributed by atoms with Crippen LogP contribution in [-0.4, -0.2) is 34.1 Å². The molecule has 6 heteroatoms. The third-order valence-electron chi connectivity index (χ3n) is 5.55. The number of hydrogen-bond donors (Lipinski definition) is 1. The second-order valence-electron chi connectivity index (χ2n) is 7.51. The number of piperidine rings is 1. The van der Waals surface area contributed by atoms with Crippen LogP contribution in [0.5, 0.6) is 0 Å². The number of aryl methyl sites for hydroxylation is 1. The molecular weight excluding hydrogens is 389 g/mol. The Labute approximate surface area is 174 Å². The van der Waals surface area contributed by atoms with Crippen LogP contribution in [0, 0.1) is 5.82 Å². The number of carbonyl (C=O) groups excluding carboxylic acids is 1. The first-order valence-electron chi connectivity index (χ1n) is 9.91. The highest BCUT2D eigenvalue weighted by atomic mass is 35.5. The van der Waals surface area contributed by atoms with Crippen molar-refractivity contribution < 1.29 is 9.18 Å². The van der Waals surface area contributed by atoms with Crippen molar-refractivity contribution in [2.24, 2.45) is 0 Å². The second-order valence-corrected chi connectivity index (χ2v) is 7.95. The molecule has 2 heterocycles. The molecule has 1 aromatic heterocycles. The van der Waals surface area contributed by atoms with Crippen molar-refractivity contribution in [1.29, 1.82) is 0 Å². The molecule has 150 valence electrons. The number of H-pyrrole nitrogens is 1. The number of hydrogen-bond acceptors (Lipinski definition) is 2. The van der Waals surface area contributed by atoms with Gasteiger partial charge in [0.15, 0.2) is 0 Å². The topological polar surface area (TPSA) is 49.0 Å². The van der Waals surface area contributed by atoms with E-state index in [4.69, 9.17) is 11.6 Å². The molecule has 1 amide bonds. The van der Waals surface area contributed by atoms with Gasteiger partial charge >= 0.3 is 0 Å². The second kappa shape index (κ2) is 8.78. The molecular formula is C23H23ClFN3O.